The number of hydrogen-bond donors (Lipinski definition) is 2. The Morgan fingerprint density at radius 3 is 2.71 bits per heavy atom. The van der Waals surface area contributed by atoms with E-state index >= 15 is 0 Å². The van der Waals surface area contributed by atoms with Gasteiger partial charge in [0.15, 0.2) is 0 Å². The second-order valence-corrected chi connectivity index (χ2v) is 6.20. The SMILES string of the molecule is CCc1cnc(C(C)NC(=O)CCc2ccc(N)cc2)s1. The van der Waals surface area contributed by atoms with Crippen LogP contribution in [0.2, 0.25) is 0 Å². The zero-order valence-corrected chi connectivity index (χ0v) is 13.2. The van der Waals surface area contributed by atoms with Crippen molar-refractivity contribution in [2.45, 2.75) is 39.2 Å². The lowest BCUT2D eigenvalue weighted by atomic mass is 10.1. The number of aryl methyl sites for hydroxylation is 2. The Morgan fingerprint density at radius 2 is 2.10 bits per heavy atom. The van der Waals surface area contributed by atoms with Crippen LogP contribution in [0, 0.1) is 0 Å². The van der Waals surface area contributed by atoms with Crippen LogP contribution in [-0.2, 0) is 17.6 Å². The third-order valence-electron chi connectivity index (χ3n) is 3.29. The molecule has 0 radical (unpaired) electrons. The van der Waals surface area contributed by atoms with E-state index in [4.69, 9.17) is 5.73 Å². The molecule has 21 heavy (non-hydrogen) atoms. The summed E-state index contributed by atoms with van der Waals surface area (Å²) >= 11 is 1.66. The van der Waals surface area contributed by atoms with Crippen LogP contribution in [0.4, 0.5) is 5.69 Å². The first-order valence-electron chi connectivity index (χ1n) is 7.17. The van der Waals surface area contributed by atoms with Crippen molar-refractivity contribution < 1.29 is 4.79 Å². The van der Waals surface area contributed by atoms with Gasteiger partial charge in [-0.2, -0.15) is 0 Å². The predicted molar refractivity (Wildman–Crippen MR) is 87.2 cm³/mol. The molecule has 0 aliphatic rings. The van der Waals surface area contributed by atoms with Crippen LogP contribution in [0.15, 0.2) is 30.5 Å². The fraction of sp³-hybridized carbons (Fsp3) is 0.375. The summed E-state index contributed by atoms with van der Waals surface area (Å²) < 4.78 is 0. The van der Waals surface area contributed by atoms with Crippen LogP contribution in [-0.4, -0.2) is 10.9 Å². The van der Waals surface area contributed by atoms with Gasteiger partial charge in [-0.05, 0) is 37.5 Å². The molecule has 3 N–H and O–H groups in total. The summed E-state index contributed by atoms with van der Waals surface area (Å²) in [6, 6.07) is 7.60. The van der Waals surface area contributed by atoms with Gasteiger partial charge < -0.3 is 11.1 Å². The lowest BCUT2D eigenvalue weighted by Crippen LogP contribution is -2.26. The van der Waals surface area contributed by atoms with E-state index in [0.717, 1.165) is 29.1 Å². The molecule has 2 rings (SSSR count). The number of nitrogen functional groups attached to an aromatic ring is 1. The standard InChI is InChI=1S/C16H21N3OS/c1-3-14-10-18-16(21-14)11(2)19-15(20)9-6-12-4-7-13(17)8-5-12/h4-5,7-8,10-11H,3,6,9,17H2,1-2H3,(H,19,20). The van der Waals surface area contributed by atoms with E-state index < -0.39 is 0 Å². The smallest absolute Gasteiger partial charge is 0.220 e. The van der Waals surface area contributed by atoms with Gasteiger partial charge in [0.1, 0.15) is 5.01 Å². The number of nitrogens with one attached hydrogen (secondary N) is 1. The minimum atomic E-state index is -0.0331. The fourth-order valence-electron chi connectivity index (χ4n) is 2.00. The number of aromatic nitrogens is 1. The number of carbonyl (C=O) groups is 1. The van der Waals surface area contributed by atoms with Crippen molar-refractivity contribution in [2.24, 2.45) is 0 Å². The average molecular weight is 303 g/mol. The Morgan fingerprint density at radius 1 is 1.38 bits per heavy atom. The summed E-state index contributed by atoms with van der Waals surface area (Å²) in [5.41, 5.74) is 7.50. The molecular formula is C16H21N3OS. The molecule has 1 unspecified atom stereocenters. The lowest BCUT2D eigenvalue weighted by Gasteiger charge is -2.11. The number of nitrogens with two attached hydrogens (primary N) is 1. The molecule has 0 saturated carbocycles. The first-order valence-corrected chi connectivity index (χ1v) is 7.98. The van der Waals surface area contributed by atoms with Crippen molar-refractivity contribution in [1.29, 1.82) is 0 Å². The average Bonchev–Trinajstić information content (AvgIpc) is 2.96. The molecule has 1 amide bonds. The molecule has 0 fully saturated rings. The molecule has 0 aliphatic carbocycles. The molecule has 0 aliphatic heterocycles. The monoisotopic (exact) mass is 303 g/mol. The number of hydrogen-bond acceptors (Lipinski definition) is 4. The molecule has 1 atom stereocenters. The van der Waals surface area contributed by atoms with Crippen molar-refractivity contribution >= 4 is 22.9 Å². The molecule has 112 valence electrons. The van der Waals surface area contributed by atoms with E-state index in [9.17, 15) is 4.79 Å². The predicted octanol–water partition coefficient (Wildman–Crippen LogP) is 3.10. The van der Waals surface area contributed by atoms with Gasteiger partial charge in [0.05, 0.1) is 6.04 Å². The zero-order chi connectivity index (χ0) is 15.2. The topological polar surface area (TPSA) is 68.0 Å². The number of thiazole rings is 1. The van der Waals surface area contributed by atoms with Crippen LogP contribution in [0.3, 0.4) is 0 Å². The quantitative estimate of drug-likeness (QED) is 0.806. The first-order chi connectivity index (χ1) is 10.1. The number of benzene rings is 1. The number of amides is 1. The Balaban J connectivity index is 1.82. The molecular weight excluding hydrogens is 282 g/mol. The van der Waals surface area contributed by atoms with Gasteiger partial charge in [0.25, 0.3) is 0 Å². The third kappa shape index (κ3) is 4.56. The highest BCUT2D eigenvalue weighted by Crippen LogP contribution is 2.20. The van der Waals surface area contributed by atoms with Crippen LogP contribution < -0.4 is 11.1 Å². The molecule has 0 saturated heterocycles. The summed E-state index contributed by atoms with van der Waals surface area (Å²) in [6.45, 7) is 4.08. The highest BCUT2D eigenvalue weighted by atomic mass is 32.1. The molecule has 5 heteroatoms. The van der Waals surface area contributed by atoms with Crippen LogP contribution in [0.25, 0.3) is 0 Å². The van der Waals surface area contributed by atoms with Gasteiger partial charge in [-0.15, -0.1) is 11.3 Å². The van der Waals surface area contributed by atoms with Crippen molar-refractivity contribution in [3.05, 3.63) is 45.9 Å². The van der Waals surface area contributed by atoms with Crippen LogP contribution in [0.5, 0.6) is 0 Å². The molecule has 1 heterocycles. The van der Waals surface area contributed by atoms with Crippen molar-refractivity contribution in [3.8, 4) is 0 Å². The third-order valence-corrected chi connectivity index (χ3v) is 4.61. The number of anilines is 1. The second-order valence-electron chi connectivity index (χ2n) is 5.05. The number of nitrogens with zero attached hydrogens (tertiary/aromatic N) is 1. The Hall–Kier alpha value is -1.88. The second kappa shape index (κ2) is 7.22. The first kappa shape index (κ1) is 15.5. The summed E-state index contributed by atoms with van der Waals surface area (Å²) in [6.07, 6.45) is 4.06. The highest BCUT2D eigenvalue weighted by Gasteiger charge is 2.13. The van der Waals surface area contributed by atoms with Crippen LogP contribution >= 0.6 is 11.3 Å². The maximum Gasteiger partial charge on any atom is 0.220 e. The summed E-state index contributed by atoms with van der Waals surface area (Å²) in [5, 5.41) is 3.96. The molecule has 1 aromatic carbocycles. The zero-order valence-electron chi connectivity index (χ0n) is 12.4. The highest BCUT2D eigenvalue weighted by molar-refractivity contribution is 7.11. The normalized spacial score (nSPS) is 12.1. The van der Waals surface area contributed by atoms with E-state index in [1.165, 1.54) is 4.88 Å². The van der Waals surface area contributed by atoms with Crippen molar-refractivity contribution in [1.82, 2.24) is 10.3 Å². The van der Waals surface area contributed by atoms with Gasteiger partial charge in [-0.3, -0.25) is 4.79 Å². The van der Waals surface area contributed by atoms with Crippen molar-refractivity contribution in [3.63, 3.8) is 0 Å². The van der Waals surface area contributed by atoms with E-state index in [-0.39, 0.29) is 11.9 Å². The van der Waals surface area contributed by atoms with Gasteiger partial charge in [0.2, 0.25) is 5.91 Å². The maximum atomic E-state index is 12.0. The van der Waals surface area contributed by atoms with E-state index in [1.807, 2.05) is 37.4 Å². The van der Waals surface area contributed by atoms with Gasteiger partial charge in [-0.1, -0.05) is 19.1 Å². The number of rotatable bonds is 6. The largest absolute Gasteiger partial charge is 0.399 e. The minimum Gasteiger partial charge on any atom is -0.399 e. The van der Waals surface area contributed by atoms with Crippen LogP contribution in [0.1, 0.15) is 41.8 Å². The fourth-order valence-corrected chi connectivity index (χ4v) is 2.86. The summed E-state index contributed by atoms with van der Waals surface area (Å²) in [5.74, 6) is 0.0487. The lowest BCUT2D eigenvalue weighted by molar-refractivity contribution is -0.121. The minimum absolute atomic E-state index is 0.0331. The Labute approximate surface area is 129 Å². The van der Waals surface area contributed by atoms with Gasteiger partial charge >= 0.3 is 0 Å². The molecule has 0 spiro atoms. The number of carbonyl (C=O) groups excluding carboxylic acids is 1. The summed E-state index contributed by atoms with van der Waals surface area (Å²) in [7, 11) is 0. The Bertz CT molecular complexity index is 592. The molecule has 0 bridgehead atoms. The Kier molecular flexibility index (Phi) is 5.33. The maximum absolute atomic E-state index is 12.0. The molecule has 2 aromatic rings. The van der Waals surface area contributed by atoms with Gasteiger partial charge in [0, 0.05) is 23.2 Å². The van der Waals surface area contributed by atoms with Gasteiger partial charge in [-0.25, -0.2) is 4.98 Å². The van der Waals surface area contributed by atoms with E-state index in [2.05, 4.69) is 17.2 Å². The molecule has 4 nitrogen and oxygen atoms in total. The van der Waals surface area contributed by atoms with Crippen molar-refractivity contribution in [2.75, 3.05) is 5.73 Å². The summed E-state index contributed by atoms with van der Waals surface area (Å²) in [4.78, 5) is 17.6. The van der Waals surface area contributed by atoms with E-state index in [0.29, 0.717) is 6.42 Å². The molecule has 1 aromatic heterocycles. The van der Waals surface area contributed by atoms with E-state index in [1.54, 1.807) is 11.3 Å².